The van der Waals surface area contributed by atoms with Crippen LogP contribution in [0, 0.1) is 0 Å². The normalized spacial score (nSPS) is 17.2. The van der Waals surface area contributed by atoms with Crippen molar-refractivity contribution in [3.8, 4) is 5.75 Å². The highest BCUT2D eigenvalue weighted by Crippen LogP contribution is 2.30. The average molecular weight is 462 g/mol. The van der Waals surface area contributed by atoms with Crippen molar-refractivity contribution in [2.24, 2.45) is 0 Å². The molecule has 3 N–H and O–H groups in total. The van der Waals surface area contributed by atoms with Crippen molar-refractivity contribution >= 4 is 33.9 Å². The van der Waals surface area contributed by atoms with Crippen molar-refractivity contribution < 1.29 is 9.90 Å². The highest BCUT2D eigenvalue weighted by Gasteiger charge is 2.21. The quantitative estimate of drug-likeness (QED) is 0.553. The minimum atomic E-state index is -0.628. The van der Waals surface area contributed by atoms with E-state index in [1.54, 1.807) is 6.07 Å². The highest BCUT2D eigenvalue weighted by atomic mass is 16.3. The van der Waals surface area contributed by atoms with E-state index >= 15 is 0 Å². The molecule has 2 aliphatic rings. The summed E-state index contributed by atoms with van der Waals surface area (Å²) in [5.41, 5.74) is 2.28. The summed E-state index contributed by atoms with van der Waals surface area (Å²) in [7, 11) is 2.10. The highest BCUT2D eigenvalue weighted by molar-refractivity contribution is 6.09. The largest absolute Gasteiger partial charge is 0.506 e. The fourth-order valence-corrected chi connectivity index (χ4v) is 4.84. The summed E-state index contributed by atoms with van der Waals surface area (Å²) >= 11 is 0. The number of aromatic amines is 1. The van der Waals surface area contributed by atoms with E-state index in [1.165, 1.54) is 19.3 Å². The van der Waals surface area contributed by atoms with Gasteiger partial charge in [0, 0.05) is 61.7 Å². The molecule has 1 aromatic heterocycles. The summed E-state index contributed by atoms with van der Waals surface area (Å²) in [4.78, 5) is 35.3. The van der Waals surface area contributed by atoms with E-state index in [0.29, 0.717) is 16.6 Å². The van der Waals surface area contributed by atoms with Crippen LogP contribution in [0.25, 0.3) is 10.9 Å². The lowest BCUT2D eigenvalue weighted by atomic mass is 10.1. The van der Waals surface area contributed by atoms with Crippen LogP contribution < -0.4 is 20.7 Å². The van der Waals surface area contributed by atoms with Crippen molar-refractivity contribution in [2.45, 2.75) is 19.3 Å². The Balaban J connectivity index is 1.38. The van der Waals surface area contributed by atoms with E-state index in [2.05, 4.69) is 32.0 Å². The molecule has 2 aromatic carbocycles. The van der Waals surface area contributed by atoms with Crippen molar-refractivity contribution in [2.75, 3.05) is 61.4 Å². The van der Waals surface area contributed by atoms with Crippen LogP contribution in [-0.2, 0) is 0 Å². The maximum atomic E-state index is 13.0. The Bertz CT molecular complexity index is 1240. The van der Waals surface area contributed by atoms with E-state index in [0.717, 1.165) is 50.6 Å². The SMILES string of the molecule is CN1CCN(c2ccc3[nH]c(=O)c(C(=O)Nc4ccc(N5CCCCC5)cc4)c(O)c3c2)CC1. The fraction of sp³-hybridized carbons (Fsp3) is 0.385. The van der Waals surface area contributed by atoms with Gasteiger partial charge in [-0.05, 0) is 68.8 Å². The molecule has 0 saturated carbocycles. The van der Waals surface area contributed by atoms with Crippen LogP contribution in [0.4, 0.5) is 17.1 Å². The molecule has 3 aromatic rings. The van der Waals surface area contributed by atoms with Crippen molar-refractivity contribution in [1.82, 2.24) is 9.88 Å². The van der Waals surface area contributed by atoms with Gasteiger partial charge in [-0.3, -0.25) is 9.59 Å². The Morgan fingerprint density at radius 3 is 2.24 bits per heavy atom. The Morgan fingerprint density at radius 2 is 1.53 bits per heavy atom. The summed E-state index contributed by atoms with van der Waals surface area (Å²) in [5.74, 6) is -0.923. The number of aromatic nitrogens is 1. The topological polar surface area (TPSA) is 91.9 Å². The standard InChI is InChI=1S/C26H31N5O3/c1-29-13-15-31(16-14-29)20-9-10-22-21(17-20)24(32)23(26(34)28-22)25(33)27-18-5-7-19(8-6-18)30-11-3-2-4-12-30/h5-10,17H,2-4,11-16H2,1H3,(H,27,33)(H2,28,32,34). The third-order valence-electron chi connectivity index (χ3n) is 6.91. The predicted octanol–water partition coefficient (Wildman–Crippen LogP) is 3.23. The minimum Gasteiger partial charge on any atom is -0.506 e. The molecule has 2 saturated heterocycles. The maximum absolute atomic E-state index is 13.0. The molecule has 5 rings (SSSR count). The second kappa shape index (κ2) is 9.38. The first-order chi connectivity index (χ1) is 16.5. The van der Waals surface area contributed by atoms with Gasteiger partial charge >= 0.3 is 0 Å². The summed E-state index contributed by atoms with van der Waals surface area (Å²) in [5, 5.41) is 14.2. The van der Waals surface area contributed by atoms with Gasteiger partial charge in [0.15, 0.2) is 0 Å². The number of fused-ring (bicyclic) bond motifs is 1. The van der Waals surface area contributed by atoms with Crippen LogP contribution in [0.3, 0.4) is 0 Å². The lowest BCUT2D eigenvalue weighted by Crippen LogP contribution is -2.44. The number of aromatic hydroxyl groups is 1. The number of piperidine rings is 1. The zero-order chi connectivity index (χ0) is 23.7. The van der Waals surface area contributed by atoms with Crippen molar-refractivity contribution in [1.29, 1.82) is 0 Å². The van der Waals surface area contributed by atoms with Crippen molar-refractivity contribution in [3.05, 3.63) is 58.4 Å². The molecule has 0 unspecified atom stereocenters. The van der Waals surface area contributed by atoms with E-state index in [4.69, 9.17) is 0 Å². The molecule has 2 fully saturated rings. The Kier molecular flexibility index (Phi) is 6.15. The molecule has 0 spiro atoms. The third-order valence-corrected chi connectivity index (χ3v) is 6.91. The molecule has 8 heteroatoms. The second-order valence-corrected chi connectivity index (χ2v) is 9.25. The smallest absolute Gasteiger partial charge is 0.265 e. The lowest BCUT2D eigenvalue weighted by molar-refractivity contribution is 0.102. The predicted molar refractivity (Wildman–Crippen MR) is 136 cm³/mol. The molecule has 3 heterocycles. The molecule has 0 aliphatic carbocycles. The van der Waals surface area contributed by atoms with Gasteiger partial charge < -0.3 is 30.1 Å². The monoisotopic (exact) mass is 461 g/mol. The first kappa shape index (κ1) is 22.3. The number of nitrogens with one attached hydrogen (secondary N) is 2. The summed E-state index contributed by atoms with van der Waals surface area (Å²) in [6.45, 7) is 5.77. The first-order valence-electron chi connectivity index (χ1n) is 12.0. The number of rotatable bonds is 4. The molecule has 0 radical (unpaired) electrons. The van der Waals surface area contributed by atoms with Gasteiger partial charge in [0.05, 0.1) is 5.52 Å². The molecule has 8 nitrogen and oxygen atoms in total. The molecule has 0 atom stereocenters. The van der Waals surface area contributed by atoms with E-state index < -0.39 is 11.5 Å². The zero-order valence-electron chi connectivity index (χ0n) is 19.5. The molecule has 178 valence electrons. The van der Waals surface area contributed by atoms with Gasteiger partial charge in [-0.15, -0.1) is 0 Å². The van der Waals surface area contributed by atoms with Gasteiger partial charge in [0.2, 0.25) is 0 Å². The average Bonchev–Trinajstić information content (AvgIpc) is 2.85. The second-order valence-electron chi connectivity index (χ2n) is 9.25. The van der Waals surface area contributed by atoms with E-state index in [-0.39, 0.29) is 11.3 Å². The van der Waals surface area contributed by atoms with E-state index in [1.807, 2.05) is 36.4 Å². The molecular formula is C26H31N5O3. The molecule has 34 heavy (non-hydrogen) atoms. The number of nitrogens with zero attached hydrogens (tertiary/aromatic N) is 3. The molecule has 2 aliphatic heterocycles. The number of carbonyl (C=O) groups is 1. The Labute approximate surface area is 198 Å². The molecular weight excluding hydrogens is 430 g/mol. The zero-order valence-corrected chi connectivity index (χ0v) is 19.5. The van der Waals surface area contributed by atoms with Crippen LogP contribution in [0.5, 0.6) is 5.75 Å². The number of pyridine rings is 1. The van der Waals surface area contributed by atoms with Crippen molar-refractivity contribution in [3.63, 3.8) is 0 Å². The Morgan fingerprint density at radius 1 is 0.882 bits per heavy atom. The number of benzene rings is 2. The number of piperazine rings is 1. The van der Waals surface area contributed by atoms with Gasteiger partial charge in [0.1, 0.15) is 11.3 Å². The lowest BCUT2D eigenvalue weighted by Gasteiger charge is -2.34. The summed E-state index contributed by atoms with van der Waals surface area (Å²) in [6.07, 6.45) is 3.66. The number of hydrogen-bond acceptors (Lipinski definition) is 6. The van der Waals surface area contributed by atoms with Gasteiger partial charge in [-0.25, -0.2) is 0 Å². The number of hydrogen-bond donors (Lipinski definition) is 3. The maximum Gasteiger partial charge on any atom is 0.265 e. The van der Waals surface area contributed by atoms with Gasteiger partial charge in [0.25, 0.3) is 11.5 Å². The van der Waals surface area contributed by atoms with E-state index in [9.17, 15) is 14.7 Å². The summed E-state index contributed by atoms with van der Waals surface area (Å²) < 4.78 is 0. The van der Waals surface area contributed by atoms with Crippen LogP contribution in [-0.4, -0.2) is 67.2 Å². The molecule has 0 bridgehead atoms. The van der Waals surface area contributed by atoms with Crippen LogP contribution >= 0.6 is 0 Å². The fourth-order valence-electron chi connectivity index (χ4n) is 4.84. The van der Waals surface area contributed by atoms with Gasteiger partial charge in [-0.2, -0.15) is 0 Å². The van der Waals surface area contributed by atoms with Crippen LogP contribution in [0.1, 0.15) is 29.6 Å². The minimum absolute atomic E-state index is 0.275. The number of likely N-dealkylation sites (N-methyl/N-ethyl adjacent to an activating group) is 1. The van der Waals surface area contributed by atoms with Crippen LogP contribution in [0.2, 0.25) is 0 Å². The van der Waals surface area contributed by atoms with Crippen LogP contribution in [0.15, 0.2) is 47.3 Å². The summed E-state index contributed by atoms with van der Waals surface area (Å²) in [6, 6.07) is 13.2. The number of carbonyl (C=O) groups excluding carboxylic acids is 1. The molecule has 1 amide bonds. The third kappa shape index (κ3) is 4.46. The number of H-pyrrole nitrogens is 1. The van der Waals surface area contributed by atoms with Gasteiger partial charge in [-0.1, -0.05) is 0 Å². The Hall–Kier alpha value is -3.52. The number of amides is 1. The number of anilines is 3. The first-order valence-corrected chi connectivity index (χ1v) is 12.0.